The standard InChI is InChI=1S/C17H15ClFN3O3/c1-23-14-7-12(19)13(8-15(14)24-2)20-9-16-21-17(22-25-16)10-4-3-5-11(18)6-10/h3-8,20H,9H2,1-2H3. The molecule has 0 radical (unpaired) electrons. The lowest BCUT2D eigenvalue weighted by molar-refractivity contribution is 0.352. The summed E-state index contributed by atoms with van der Waals surface area (Å²) in [7, 11) is 2.93. The Hall–Kier alpha value is -2.80. The zero-order valence-electron chi connectivity index (χ0n) is 13.5. The fraction of sp³-hybridized carbons (Fsp3) is 0.176. The minimum absolute atomic E-state index is 0.153. The van der Waals surface area contributed by atoms with Crippen molar-refractivity contribution in [2.75, 3.05) is 19.5 Å². The molecule has 130 valence electrons. The first-order chi connectivity index (χ1) is 12.1. The van der Waals surface area contributed by atoms with E-state index in [-0.39, 0.29) is 12.2 Å². The van der Waals surface area contributed by atoms with Crippen LogP contribution in [0.25, 0.3) is 11.4 Å². The van der Waals surface area contributed by atoms with Crippen molar-refractivity contribution in [3.8, 4) is 22.9 Å². The Morgan fingerprint density at radius 1 is 1.16 bits per heavy atom. The maximum absolute atomic E-state index is 14.1. The Morgan fingerprint density at radius 2 is 1.92 bits per heavy atom. The van der Waals surface area contributed by atoms with E-state index in [0.29, 0.717) is 28.2 Å². The Labute approximate surface area is 148 Å². The van der Waals surface area contributed by atoms with Gasteiger partial charge in [0.25, 0.3) is 0 Å². The quantitative estimate of drug-likeness (QED) is 0.709. The number of hydrogen-bond donors (Lipinski definition) is 1. The van der Waals surface area contributed by atoms with Gasteiger partial charge in [0.05, 0.1) is 26.5 Å². The van der Waals surface area contributed by atoms with Gasteiger partial charge < -0.3 is 19.3 Å². The van der Waals surface area contributed by atoms with E-state index in [1.807, 2.05) is 6.07 Å². The second kappa shape index (κ2) is 7.40. The van der Waals surface area contributed by atoms with Crippen LogP contribution in [0, 0.1) is 5.82 Å². The molecule has 1 aromatic heterocycles. The van der Waals surface area contributed by atoms with Crippen molar-refractivity contribution in [3.63, 3.8) is 0 Å². The number of benzene rings is 2. The smallest absolute Gasteiger partial charge is 0.246 e. The number of rotatable bonds is 6. The van der Waals surface area contributed by atoms with E-state index in [2.05, 4.69) is 15.5 Å². The molecule has 0 unspecified atom stereocenters. The number of halogens is 2. The summed E-state index contributed by atoms with van der Waals surface area (Å²) >= 11 is 5.95. The first kappa shape index (κ1) is 17.0. The van der Waals surface area contributed by atoms with Gasteiger partial charge in [-0.25, -0.2) is 4.39 Å². The van der Waals surface area contributed by atoms with Crippen LogP contribution in [0.5, 0.6) is 11.5 Å². The highest BCUT2D eigenvalue weighted by Crippen LogP contribution is 2.32. The Kier molecular flexibility index (Phi) is 5.04. The summed E-state index contributed by atoms with van der Waals surface area (Å²) in [5, 5.41) is 7.38. The van der Waals surface area contributed by atoms with Crippen LogP contribution in [0.2, 0.25) is 5.02 Å². The Morgan fingerprint density at radius 3 is 2.64 bits per heavy atom. The molecule has 0 bridgehead atoms. The van der Waals surface area contributed by atoms with Crippen LogP contribution in [0.3, 0.4) is 0 Å². The molecule has 0 fully saturated rings. The molecular weight excluding hydrogens is 349 g/mol. The minimum Gasteiger partial charge on any atom is -0.493 e. The third-order valence-electron chi connectivity index (χ3n) is 3.45. The molecule has 25 heavy (non-hydrogen) atoms. The fourth-order valence-corrected chi connectivity index (χ4v) is 2.42. The van der Waals surface area contributed by atoms with Crippen molar-refractivity contribution in [1.82, 2.24) is 10.1 Å². The molecule has 0 saturated heterocycles. The highest BCUT2D eigenvalue weighted by molar-refractivity contribution is 6.30. The van der Waals surface area contributed by atoms with Crippen LogP contribution in [0.1, 0.15) is 5.89 Å². The number of anilines is 1. The van der Waals surface area contributed by atoms with E-state index in [9.17, 15) is 4.39 Å². The van der Waals surface area contributed by atoms with Crippen molar-refractivity contribution >= 4 is 17.3 Å². The minimum atomic E-state index is -0.479. The van der Waals surface area contributed by atoms with Crippen LogP contribution in [0.15, 0.2) is 40.9 Å². The number of nitrogens with one attached hydrogen (secondary N) is 1. The van der Waals surface area contributed by atoms with Crippen molar-refractivity contribution in [3.05, 3.63) is 53.1 Å². The van der Waals surface area contributed by atoms with Crippen LogP contribution in [-0.4, -0.2) is 24.4 Å². The number of methoxy groups -OCH3 is 2. The monoisotopic (exact) mass is 363 g/mol. The maximum atomic E-state index is 14.1. The van der Waals surface area contributed by atoms with Crippen LogP contribution < -0.4 is 14.8 Å². The predicted octanol–water partition coefficient (Wildman–Crippen LogP) is 4.16. The lowest BCUT2D eigenvalue weighted by atomic mass is 10.2. The summed E-state index contributed by atoms with van der Waals surface area (Å²) in [5.74, 6) is 0.964. The molecule has 1 N–H and O–H groups in total. The molecule has 3 aromatic rings. The second-order valence-corrected chi connectivity index (χ2v) is 5.50. The zero-order valence-corrected chi connectivity index (χ0v) is 14.3. The molecule has 0 spiro atoms. The van der Waals surface area contributed by atoms with Gasteiger partial charge in [-0.05, 0) is 12.1 Å². The summed E-state index contributed by atoms with van der Waals surface area (Å²) < 4.78 is 29.5. The average Bonchev–Trinajstić information content (AvgIpc) is 3.09. The lowest BCUT2D eigenvalue weighted by Gasteiger charge is -2.11. The van der Waals surface area contributed by atoms with Crippen LogP contribution >= 0.6 is 11.6 Å². The topological polar surface area (TPSA) is 69.4 Å². The summed E-state index contributed by atoms with van der Waals surface area (Å²) in [6.07, 6.45) is 0. The SMILES string of the molecule is COc1cc(F)c(NCc2nc(-c3cccc(Cl)c3)no2)cc1OC. The summed E-state index contributed by atoms with van der Waals surface area (Å²) in [4.78, 5) is 4.27. The first-order valence-corrected chi connectivity index (χ1v) is 7.72. The van der Waals surface area contributed by atoms with E-state index < -0.39 is 5.82 Å². The summed E-state index contributed by atoms with van der Waals surface area (Å²) in [5.41, 5.74) is 0.972. The molecule has 6 nitrogen and oxygen atoms in total. The molecule has 0 aliphatic carbocycles. The first-order valence-electron chi connectivity index (χ1n) is 7.34. The van der Waals surface area contributed by atoms with E-state index in [1.54, 1.807) is 18.2 Å². The number of aromatic nitrogens is 2. The van der Waals surface area contributed by atoms with E-state index in [0.717, 1.165) is 5.56 Å². The van der Waals surface area contributed by atoms with Gasteiger partial charge in [0.15, 0.2) is 11.5 Å². The molecule has 0 saturated carbocycles. The van der Waals surface area contributed by atoms with Crippen molar-refractivity contribution in [2.45, 2.75) is 6.54 Å². The largest absolute Gasteiger partial charge is 0.493 e. The fourth-order valence-electron chi connectivity index (χ4n) is 2.23. The molecule has 0 amide bonds. The average molecular weight is 364 g/mol. The number of hydrogen-bond acceptors (Lipinski definition) is 6. The van der Waals surface area contributed by atoms with Gasteiger partial charge in [-0.15, -0.1) is 0 Å². The molecule has 0 atom stereocenters. The van der Waals surface area contributed by atoms with E-state index in [4.69, 9.17) is 25.6 Å². The van der Waals surface area contributed by atoms with Gasteiger partial charge in [-0.1, -0.05) is 28.9 Å². The van der Waals surface area contributed by atoms with Crippen molar-refractivity contribution in [1.29, 1.82) is 0 Å². The normalized spacial score (nSPS) is 10.6. The molecule has 2 aromatic carbocycles. The van der Waals surface area contributed by atoms with E-state index >= 15 is 0 Å². The maximum Gasteiger partial charge on any atom is 0.246 e. The van der Waals surface area contributed by atoms with Gasteiger partial charge in [0, 0.05) is 22.7 Å². The highest BCUT2D eigenvalue weighted by Gasteiger charge is 2.13. The number of ether oxygens (including phenoxy) is 2. The summed E-state index contributed by atoms with van der Waals surface area (Å²) in [6.45, 7) is 0.153. The molecule has 3 rings (SSSR count). The van der Waals surface area contributed by atoms with Crippen LogP contribution in [-0.2, 0) is 6.54 Å². The third kappa shape index (κ3) is 3.83. The second-order valence-electron chi connectivity index (χ2n) is 5.06. The van der Waals surface area contributed by atoms with Crippen molar-refractivity contribution < 1.29 is 18.4 Å². The van der Waals surface area contributed by atoms with Gasteiger partial charge in [0.2, 0.25) is 11.7 Å². The zero-order chi connectivity index (χ0) is 17.8. The molecular formula is C17H15ClFN3O3. The Balaban J connectivity index is 1.74. The molecule has 8 heteroatoms. The van der Waals surface area contributed by atoms with Gasteiger partial charge in [-0.2, -0.15) is 4.98 Å². The number of nitrogens with zero attached hydrogens (tertiary/aromatic N) is 2. The van der Waals surface area contributed by atoms with Gasteiger partial charge in [0.1, 0.15) is 5.82 Å². The predicted molar refractivity (Wildman–Crippen MR) is 91.6 cm³/mol. The molecule has 0 aliphatic rings. The summed E-state index contributed by atoms with van der Waals surface area (Å²) in [6, 6.07) is 9.85. The van der Waals surface area contributed by atoms with Crippen molar-refractivity contribution in [2.24, 2.45) is 0 Å². The van der Waals surface area contributed by atoms with Gasteiger partial charge in [-0.3, -0.25) is 0 Å². The third-order valence-corrected chi connectivity index (χ3v) is 3.69. The van der Waals surface area contributed by atoms with Crippen LogP contribution in [0.4, 0.5) is 10.1 Å². The molecule has 1 heterocycles. The molecule has 0 aliphatic heterocycles. The Bertz CT molecular complexity index is 885. The highest BCUT2D eigenvalue weighted by atomic mass is 35.5. The lowest BCUT2D eigenvalue weighted by Crippen LogP contribution is -2.03. The van der Waals surface area contributed by atoms with Gasteiger partial charge >= 0.3 is 0 Å². The van der Waals surface area contributed by atoms with E-state index in [1.165, 1.54) is 26.4 Å².